The molecule has 0 aromatic rings. The van der Waals surface area contributed by atoms with Crippen molar-refractivity contribution in [1.29, 1.82) is 0 Å². The molecule has 4 heteroatoms. The highest BCUT2D eigenvalue weighted by Crippen LogP contribution is 2.35. The monoisotopic (exact) mass is 266 g/mol. The van der Waals surface area contributed by atoms with Gasteiger partial charge in [-0.15, -0.1) is 0 Å². The number of aliphatic hydroxyl groups is 2. The summed E-state index contributed by atoms with van der Waals surface area (Å²) in [6.07, 6.45) is 5.08. The van der Waals surface area contributed by atoms with E-state index in [4.69, 9.17) is 4.74 Å². The molecule has 0 amide bonds. The topological polar surface area (TPSA) is 66.8 Å². The lowest BCUT2D eigenvalue weighted by atomic mass is 9.82. The van der Waals surface area contributed by atoms with Crippen LogP contribution in [0.4, 0.5) is 0 Å². The van der Waals surface area contributed by atoms with Crippen LogP contribution < -0.4 is 0 Å². The minimum atomic E-state index is -0.737. The summed E-state index contributed by atoms with van der Waals surface area (Å²) >= 11 is 0. The molecule has 1 heterocycles. The molecule has 4 nitrogen and oxygen atoms in total. The Morgan fingerprint density at radius 1 is 1.47 bits per heavy atom. The highest BCUT2D eigenvalue weighted by Gasteiger charge is 2.45. The average molecular weight is 266 g/mol. The molecule has 1 aliphatic heterocycles. The van der Waals surface area contributed by atoms with E-state index in [-0.39, 0.29) is 30.5 Å². The molecule has 1 saturated heterocycles. The van der Waals surface area contributed by atoms with E-state index >= 15 is 0 Å². The third-order valence-corrected chi connectivity index (χ3v) is 4.13. The average Bonchev–Trinajstić information content (AvgIpc) is 2.63. The zero-order chi connectivity index (χ0) is 14.0. The van der Waals surface area contributed by atoms with Gasteiger partial charge in [-0.1, -0.05) is 24.6 Å². The zero-order valence-corrected chi connectivity index (χ0v) is 11.5. The first-order valence-electron chi connectivity index (χ1n) is 6.87. The Morgan fingerprint density at radius 3 is 2.89 bits per heavy atom. The number of fused-ring (bicyclic) bond motifs is 1. The number of hydrogen-bond acceptors (Lipinski definition) is 4. The van der Waals surface area contributed by atoms with Crippen LogP contribution in [0.2, 0.25) is 0 Å². The van der Waals surface area contributed by atoms with Gasteiger partial charge in [-0.05, 0) is 25.3 Å². The molecule has 0 radical (unpaired) electrons. The zero-order valence-electron chi connectivity index (χ0n) is 11.5. The van der Waals surface area contributed by atoms with Crippen LogP contribution in [-0.2, 0) is 9.53 Å². The number of esters is 1. The summed E-state index contributed by atoms with van der Waals surface area (Å²) in [7, 11) is 0. The van der Waals surface area contributed by atoms with Gasteiger partial charge in [0.15, 0.2) is 0 Å². The Balaban J connectivity index is 2.30. The third-order valence-electron chi connectivity index (χ3n) is 4.13. The fraction of sp³-hybridized carbons (Fsp3) is 0.667. The lowest BCUT2D eigenvalue weighted by molar-refractivity contribution is -0.143. The van der Waals surface area contributed by atoms with Crippen molar-refractivity contribution in [3.63, 3.8) is 0 Å². The van der Waals surface area contributed by atoms with Crippen LogP contribution >= 0.6 is 0 Å². The molecule has 0 unspecified atom stereocenters. The summed E-state index contributed by atoms with van der Waals surface area (Å²) in [4.78, 5) is 11.7. The molecule has 0 saturated carbocycles. The van der Waals surface area contributed by atoms with Gasteiger partial charge in [-0.2, -0.15) is 0 Å². The lowest BCUT2D eigenvalue weighted by Gasteiger charge is -2.24. The largest absolute Gasteiger partial charge is 0.461 e. The third kappa shape index (κ3) is 3.07. The van der Waals surface area contributed by atoms with Gasteiger partial charge in [0.25, 0.3) is 0 Å². The summed E-state index contributed by atoms with van der Waals surface area (Å²) in [5, 5.41) is 19.7. The van der Waals surface area contributed by atoms with Gasteiger partial charge in [-0.3, -0.25) is 4.79 Å². The van der Waals surface area contributed by atoms with E-state index in [1.807, 2.05) is 6.92 Å². The number of rotatable bonds is 1. The summed E-state index contributed by atoms with van der Waals surface area (Å²) in [5.41, 5.74) is 1.99. The van der Waals surface area contributed by atoms with Crippen LogP contribution in [0.25, 0.3) is 0 Å². The molecule has 2 N–H and O–H groups in total. The highest BCUT2D eigenvalue weighted by molar-refractivity contribution is 5.75. The van der Waals surface area contributed by atoms with Crippen molar-refractivity contribution in [2.24, 2.45) is 11.8 Å². The van der Waals surface area contributed by atoms with Crippen molar-refractivity contribution < 1.29 is 19.7 Å². The minimum Gasteiger partial charge on any atom is -0.461 e. The molecule has 19 heavy (non-hydrogen) atoms. The maximum Gasteiger partial charge on any atom is 0.309 e. The molecular formula is C15H22O4. The normalized spacial score (nSPS) is 41.6. The number of aliphatic hydroxyl groups excluding tert-OH is 2. The fourth-order valence-corrected chi connectivity index (χ4v) is 2.98. The van der Waals surface area contributed by atoms with Crippen molar-refractivity contribution in [3.8, 4) is 0 Å². The minimum absolute atomic E-state index is 0.0511. The van der Waals surface area contributed by atoms with Crippen LogP contribution in [0.3, 0.4) is 0 Å². The van der Waals surface area contributed by atoms with E-state index < -0.39 is 6.10 Å². The summed E-state index contributed by atoms with van der Waals surface area (Å²) < 4.78 is 5.39. The van der Waals surface area contributed by atoms with Crippen molar-refractivity contribution in [2.45, 2.75) is 45.3 Å². The van der Waals surface area contributed by atoms with Crippen molar-refractivity contribution in [1.82, 2.24) is 0 Å². The Morgan fingerprint density at radius 2 is 2.21 bits per heavy atom. The van der Waals surface area contributed by atoms with Crippen LogP contribution in [0, 0.1) is 11.8 Å². The Labute approximate surface area is 113 Å². The Bertz CT molecular complexity index is 410. The van der Waals surface area contributed by atoms with E-state index in [9.17, 15) is 15.0 Å². The molecule has 0 aromatic heterocycles. The standard InChI is InChI=1S/C15H22O4/c1-9-4-3-5-11(8-16)7-12(17)14-10(2)15(18)19-13(14)6-9/h4,7,10,12-14,16-17H,3,5-6,8H2,1-2H3/b9-4+,11-7-/t10-,12+,13-,14-/m0/s1. The quantitative estimate of drug-likeness (QED) is 0.558. The molecule has 0 aromatic carbocycles. The molecule has 0 bridgehead atoms. The van der Waals surface area contributed by atoms with Crippen molar-refractivity contribution in [2.75, 3.05) is 6.61 Å². The number of allylic oxidation sites excluding steroid dienone is 1. The van der Waals surface area contributed by atoms with Gasteiger partial charge in [0.2, 0.25) is 0 Å². The second kappa shape index (κ2) is 5.88. The first kappa shape index (κ1) is 14.3. The predicted molar refractivity (Wildman–Crippen MR) is 71.3 cm³/mol. The van der Waals surface area contributed by atoms with E-state index in [0.717, 1.165) is 18.4 Å². The van der Waals surface area contributed by atoms with Gasteiger partial charge < -0.3 is 14.9 Å². The van der Waals surface area contributed by atoms with Gasteiger partial charge in [-0.25, -0.2) is 0 Å². The van der Waals surface area contributed by atoms with E-state index in [1.54, 1.807) is 13.0 Å². The van der Waals surface area contributed by atoms with Crippen LogP contribution in [0.5, 0.6) is 0 Å². The van der Waals surface area contributed by atoms with Crippen molar-refractivity contribution in [3.05, 3.63) is 23.3 Å². The second-order valence-corrected chi connectivity index (χ2v) is 5.61. The first-order valence-corrected chi connectivity index (χ1v) is 6.87. The van der Waals surface area contributed by atoms with Gasteiger partial charge in [0.05, 0.1) is 18.6 Å². The Hall–Kier alpha value is -1.13. The van der Waals surface area contributed by atoms with Crippen LogP contribution in [0.1, 0.15) is 33.1 Å². The molecule has 0 spiro atoms. The fourth-order valence-electron chi connectivity index (χ4n) is 2.98. The van der Waals surface area contributed by atoms with Crippen LogP contribution in [0.15, 0.2) is 23.3 Å². The number of carbonyl (C=O) groups excluding carboxylic acids is 1. The highest BCUT2D eigenvalue weighted by atomic mass is 16.6. The van der Waals surface area contributed by atoms with E-state index in [1.165, 1.54) is 5.57 Å². The molecule has 1 aliphatic carbocycles. The molecule has 4 atom stereocenters. The predicted octanol–water partition coefficient (Wildman–Crippen LogP) is 1.57. The second-order valence-electron chi connectivity index (χ2n) is 5.61. The Kier molecular flexibility index (Phi) is 4.42. The summed E-state index contributed by atoms with van der Waals surface area (Å²) in [6.45, 7) is 3.77. The number of hydrogen-bond donors (Lipinski definition) is 2. The van der Waals surface area contributed by atoms with Crippen molar-refractivity contribution >= 4 is 5.97 Å². The molecule has 2 rings (SSSR count). The van der Waals surface area contributed by atoms with E-state index in [2.05, 4.69) is 6.08 Å². The maximum absolute atomic E-state index is 11.7. The van der Waals surface area contributed by atoms with E-state index in [0.29, 0.717) is 6.42 Å². The van der Waals surface area contributed by atoms with Gasteiger partial charge >= 0.3 is 5.97 Å². The maximum atomic E-state index is 11.7. The number of carbonyl (C=O) groups is 1. The molecule has 1 fully saturated rings. The van der Waals surface area contributed by atoms with Crippen LogP contribution in [-0.4, -0.2) is 35.0 Å². The molecule has 106 valence electrons. The SMILES string of the molecule is C/C1=C\CC/C(CO)=C/[C@@H](O)[C@H]2[C@H](C1)OC(=O)[C@H]2C. The molecular weight excluding hydrogens is 244 g/mol. The number of ether oxygens (including phenoxy) is 1. The lowest BCUT2D eigenvalue weighted by Crippen LogP contribution is -2.31. The van der Waals surface area contributed by atoms with Gasteiger partial charge in [0, 0.05) is 12.3 Å². The smallest absolute Gasteiger partial charge is 0.309 e. The molecule has 2 aliphatic rings. The summed E-state index contributed by atoms with van der Waals surface area (Å²) in [5.74, 6) is -0.765. The first-order chi connectivity index (χ1) is 9.02. The van der Waals surface area contributed by atoms with Gasteiger partial charge in [0.1, 0.15) is 6.10 Å². The summed E-state index contributed by atoms with van der Waals surface area (Å²) in [6, 6.07) is 0.